The van der Waals surface area contributed by atoms with Crippen LogP contribution in [0.15, 0.2) is 23.3 Å². The molecule has 2 heterocycles. The van der Waals surface area contributed by atoms with Crippen molar-refractivity contribution in [3.8, 4) is 0 Å². The Bertz CT molecular complexity index is 244. The van der Waals surface area contributed by atoms with Crippen molar-refractivity contribution in [2.75, 3.05) is 5.75 Å². The van der Waals surface area contributed by atoms with Crippen LogP contribution in [-0.4, -0.2) is 11.7 Å². The van der Waals surface area contributed by atoms with Gasteiger partial charge in [0.25, 0.3) is 0 Å². The number of rotatable bonds is 0. The molecule has 0 aliphatic carbocycles. The quantitative estimate of drug-likeness (QED) is 0.588. The Morgan fingerprint density at radius 2 is 2.55 bits per heavy atom. The predicted octanol–water partition coefficient (Wildman–Crippen LogP) is 1.27. The topological polar surface area (TPSA) is 29.1 Å². The van der Waals surface area contributed by atoms with E-state index in [4.69, 9.17) is 0 Å². The molecule has 1 saturated heterocycles. The summed E-state index contributed by atoms with van der Waals surface area (Å²) in [4.78, 5) is 12.5. The van der Waals surface area contributed by atoms with Crippen LogP contribution in [0, 0.1) is 5.92 Å². The molecule has 1 fully saturated rings. The number of thioether (sulfide) groups is 1. The smallest absolute Gasteiger partial charge is 0.232 e. The summed E-state index contributed by atoms with van der Waals surface area (Å²) in [6.45, 7) is 0. The maximum atomic E-state index is 11.3. The molecule has 2 nitrogen and oxygen atoms in total. The molecule has 1 unspecified atom stereocenters. The van der Waals surface area contributed by atoms with Crippen molar-refractivity contribution >= 4 is 17.7 Å². The van der Waals surface area contributed by atoms with Crippen molar-refractivity contribution in [3.05, 3.63) is 23.3 Å². The standard InChI is InChI=1S/C8H9NOS/c10-8-6-3-5-11-7(6)2-1-4-9-8/h1-2,4,6H,3,5H2,(H,9,10). The molecular formula is C8H9NOS. The Kier molecular flexibility index (Phi) is 1.74. The van der Waals surface area contributed by atoms with Gasteiger partial charge in [0.2, 0.25) is 5.91 Å². The van der Waals surface area contributed by atoms with Gasteiger partial charge < -0.3 is 5.32 Å². The zero-order valence-electron chi connectivity index (χ0n) is 6.04. The first kappa shape index (κ1) is 6.98. The minimum absolute atomic E-state index is 0.134. The normalized spacial score (nSPS) is 28.9. The Balaban J connectivity index is 2.29. The monoisotopic (exact) mass is 167 g/mol. The number of nitrogens with one attached hydrogen (secondary N) is 1. The minimum Gasteiger partial charge on any atom is -0.332 e. The summed E-state index contributed by atoms with van der Waals surface area (Å²) in [5.74, 6) is 1.36. The van der Waals surface area contributed by atoms with Crippen LogP contribution in [0.4, 0.5) is 0 Å². The second-order valence-electron chi connectivity index (χ2n) is 2.63. The van der Waals surface area contributed by atoms with Crippen molar-refractivity contribution < 1.29 is 4.79 Å². The van der Waals surface area contributed by atoms with Gasteiger partial charge in [-0.2, -0.15) is 0 Å². The summed E-state index contributed by atoms with van der Waals surface area (Å²) in [5, 5.41) is 2.73. The molecule has 0 aromatic heterocycles. The number of amides is 1. The lowest BCUT2D eigenvalue weighted by Crippen LogP contribution is -2.24. The van der Waals surface area contributed by atoms with Crippen LogP contribution in [0.25, 0.3) is 0 Å². The molecule has 11 heavy (non-hydrogen) atoms. The van der Waals surface area contributed by atoms with Gasteiger partial charge in [-0.05, 0) is 23.2 Å². The van der Waals surface area contributed by atoms with Gasteiger partial charge in [0.1, 0.15) is 0 Å². The zero-order valence-corrected chi connectivity index (χ0v) is 6.86. The van der Waals surface area contributed by atoms with E-state index in [-0.39, 0.29) is 11.8 Å². The molecule has 2 rings (SSSR count). The average Bonchev–Trinajstić information content (AvgIpc) is 2.40. The number of carbonyl (C=O) groups excluding carboxylic acids is 1. The summed E-state index contributed by atoms with van der Waals surface area (Å²) >= 11 is 1.79. The molecule has 58 valence electrons. The third-order valence-electron chi connectivity index (χ3n) is 1.92. The predicted molar refractivity (Wildman–Crippen MR) is 45.9 cm³/mol. The Labute approximate surface area is 69.7 Å². The minimum atomic E-state index is 0.134. The number of carbonyl (C=O) groups is 1. The van der Waals surface area contributed by atoms with Gasteiger partial charge in [-0.25, -0.2) is 0 Å². The van der Waals surface area contributed by atoms with Gasteiger partial charge in [-0.1, -0.05) is 6.08 Å². The van der Waals surface area contributed by atoms with E-state index in [0.717, 1.165) is 12.2 Å². The second-order valence-corrected chi connectivity index (χ2v) is 3.79. The third kappa shape index (κ3) is 1.20. The van der Waals surface area contributed by atoms with Gasteiger partial charge in [0.15, 0.2) is 0 Å². The zero-order chi connectivity index (χ0) is 7.68. The molecule has 1 N–H and O–H groups in total. The summed E-state index contributed by atoms with van der Waals surface area (Å²) in [6.07, 6.45) is 6.62. The SMILES string of the molecule is O=C1NC=CC=C2SCCC12. The van der Waals surface area contributed by atoms with Crippen LogP contribution in [0.5, 0.6) is 0 Å². The van der Waals surface area contributed by atoms with Crippen LogP contribution < -0.4 is 5.32 Å². The first-order valence-electron chi connectivity index (χ1n) is 3.68. The number of allylic oxidation sites excluding steroid dienone is 2. The molecular weight excluding hydrogens is 158 g/mol. The molecule has 0 aromatic rings. The first-order valence-corrected chi connectivity index (χ1v) is 4.66. The molecule has 0 aromatic carbocycles. The molecule has 2 aliphatic rings. The highest BCUT2D eigenvalue weighted by Crippen LogP contribution is 2.36. The van der Waals surface area contributed by atoms with Crippen molar-refractivity contribution in [1.29, 1.82) is 0 Å². The van der Waals surface area contributed by atoms with Crippen LogP contribution in [0.3, 0.4) is 0 Å². The van der Waals surface area contributed by atoms with E-state index in [2.05, 4.69) is 5.32 Å². The summed E-state index contributed by atoms with van der Waals surface area (Å²) in [5.41, 5.74) is 0. The van der Waals surface area contributed by atoms with Gasteiger partial charge in [-0.15, -0.1) is 11.8 Å². The lowest BCUT2D eigenvalue weighted by Gasteiger charge is -2.05. The van der Waals surface area contributed by atoms with E-state index < -0.39 is 0 Å². The summed E-state index contributed by atoms with van der Waals surface area (Å²) < 4.78 is 0. The van der Waals surface area contributed by atoms with E-state index in [1.807, 2.05) is 12.2 Å². The lowest BCUT2D eigenvalue weighted by molar-refractivity contribution is -0.122. The van der Waals surface area contributed by atoms with Gasteiger partial charge in [-0.3, -0.25) is 4.79 Å². The molecule has 0 bridgehead atoms. The average molecular weight is 167 g/mol. The van der Waals surface area contributed by atoms with Gasteiger partial charge in [0, 0.05) is 6.20 Å². The van der Waals surface area contributed by atoms with Crippen LogP contribution in [0.1, 0.15) is 6.42 Å². The largest absolute Gasteiger partial charge is 0.332 e. The maximum absolute atomic E-state index is 11.3. The van der Waals surface area contributed by atoms with Crippen LogP contribution in [-0.2, 0) is 4.79 Å². The van der Waals surface area contributed by atoms with E-state index in [9.17, 15) is 4.79 Å². The maximum Gasteiger partial charge on any atom is 0.232 e. The first-order chi connectivity index (χ1) is 5.38. The Morgan fingerprint density at radius 1 is 1.64 bits per heavy atom. The van der Waals surface area contributed by atoms with Crippen molar-refractivity contribution in [1.82, 2.24) is 5.32 Å². The fourth-order valence-electron chi connectivity index (χ4n) is 1.34. The highest BCUT2D eigenvalue weighted by Gasteiger charge is 2.28. The fraction of sp³-hybridized carbons (Fsp3) is 0.375. The third-order valence-corrected chi connectivity index (χ3v) is 3.11. The molecule has 0 saturated carbocycles. The van der Waals surface area contributed by atoms with Gasteiger partial charge in [0.05, 0.1) is 5.92 Å². The van der Waals surface area contributed by atoms with Crippen LogP contribution in [0.2, 0.25) is 0 Å². The summed E-state index contributed by atoms with van der Waals surface area (Å²) in [7, 11) is 0. The summed E-state index contributed by atoms with van der Waals surface area (Å²) in [6, 6.07) is 0. The molecule has 2 aliphatic heterocycles. The van der Waals surface area contributed by atoms with E-state index in [1.54, 1.807) is 18.0 Å². The van der Waals surface area contributed by atoms with E-state index >= 15 is 0 Å². The molecule has 0 spiro atoms. The lowest BCUT2D eigenvalue weighted by atomic mass is 10.1. The number of fused-ring (bicyclic) bond motifs is 1. The van der Waals surface area contributed by atoms with Crippen molar-refractivity contribution in [2.24, 2.45) is 5.92 Å². The highest BCUT2D eigenvalue weighted by atomic mass is 32.2. The van der Waals surface area contributed by atoms with Crippen molar-refractivity contribution in [3.63, 3.8) is 0 Å². The molecule has 1 atom stereocenters. The van der Waals surface area contributed by atoms with Gasteiger partial charge >= 0.3 is 0 Å². The van der Waals surface area contributed by atoms with E-state index in [0.29, 0.717) is 0 Å². The van der Waals surface area contributed by atoms with Crippen LogP contribution >= 0.6 is 11.8 Å². The molecule has 0 radical (unpaired) electrons. The van der Waals surface area contributed by atoms with Crippen molar-refractivity contribution in [2.45, 2.75) is 6.42 Å². The highest BCUT2D eigenvalue weighted by molar-refractivity contribution is 8.03. The fourth-order valence-corrected chi connectivity index (χ4v) is 2.53. The molecule has 3 heteroatoms. The molecule has 1 amide bonds. The Hall–Kier alpha value is -0.700. The van der Waals surface area contributed by atoms with E-state index in [1.165, 1.54) is 4.91 Å². The Morgan fingerprint density at radius 3 is 3.45 bits per heavy atom. The second kappa shape index (κ2) is 2.74. The number of hydrogen-bond donors (Lipinski definition) is 1. The number of hydrogen-bond acceptors (Lipinski definition) is 2.